The summed E-state index contributed by atoms with van der Waals surface area (Å²) in [5.74, 6) is -42.6. The van der Waals surface area contributed by atoms with Crippen molar-refractivity contribution in [1.29, 1.82) is 0 Å². The van der Waals surface area contributed by atoms with E-state index in [0.29, 0.717) is 12.8 Å². The fourth-order valence-electron chi connectivity index (χ4n) is 10.2. The third kappa shape index (κ3) is 8.93. The average Bonchev–Trinajstić information content (AvgIpc) is 3.69. The predicted octanol–water partition coefficient (Wildman–Crippen LogP) is 15.2. The first-order chi connectivity index (χ1) is 27.1. The second-order valence-electron chi connectivity index (χ2n) is 17.8. The zero-order valence-corrected chi connectivity index (χ0v) is 34.1. The molecule has 6 rings (SSSR count). The van der Waals surface area contributed by atoms with Crippen LogP contribution >= 0.6 is 0 Å². The van der Waals surface area contributed by atoms with Gasteiger partial charge >= 0.3 is 42.5 Å². The molecule has 0 heterocycles. The molecule has 0 aliphatic heterocycles. The van der Waals surface area contributed by atoms with E-state index in [4.69, 9.17) is 0 Å². The number of hydrogen-bond donors (Lipinski definition) is 0. The third-order valence-corrected chi connectivity index (χ3v) is 14.6. The van der Waals surface area contributed by atoms with Crippen molar-refractivity contribution in [3.05, 3.63) is 0 Å². The summed E-state index contributed by atoms with van der Waals surface area (Å²) in [7, 11) is 0. The van der Waals surface area contributed by atoms with Crippen molar-refractivity contribution in [2.45, 2.75) is 154 Å². The molecule has 25 heteroatoms. The van der Waals surface area contributed by atoms with E-state index < -0.39 is 144 Å². The molecule has 0 aromatic carbocycles. The van der Waals surface area contributed by atoms with Crippen LogP contribution in [0.3, 0.4) is 0 Å². The Hall–Kier alpha value is -1.75. The second kappa shape index (κ2) is 17.2. The average molecular weight is 967 g/mol. The molecule has 0 radical (unpaired) electrons. The maximum Gasteiger partial charge on any atom is 0.394 e. The molecule has 6 saturated carbocycles. The molecule has 6 aliphatic carbocycles. The van der Waals surface area contributed by atoms with E-state index in [1.165, 1.54) is 20.8 Å². The quantitative estimate of drug-likeness (QED) is 0.212. The number of fused-ring (bicyclic) bond motifs is 1. The SMILES string of the molecule is CC1C(C(F)(F)F)C(C(F)(F)F)C(C)[C@@H](C)C1C(F)(F)F.CC1C(F)C(F)C(F)[C@@H](C)C1F.CC1[C@H]2CC[C@@H]1C2(C)C(F)(F)F.C[C@H]1C(F)(F)C(C)(F)C(F)(F)C(F)(F)C1(F)F. The minimum Gasteiger partial charge on any atom is -0.247 e. The summed E-state index contributed by atoms with van der Waals surface area (Å²) < 4.78 is 322. The van der Waals surface area contributed by atoms with Gasteiger partial charge in [0, 0.05) is 11.8 Å². The van der Waals surface area contributed by atoms with Crippen LogP contribution in [0.2, 0.25) is 0 Å². The van der Waals surface area contributed by atoms with Gasteiger partial charge in [0.15, 0.2) is 6.17 Å². The van der Waals surface area contributed by atoms with Crippen molar-refractivity contribution in [2.75, 3.05) is 0 Å². The van der Waals surface area contributed by atoms with Crippen LogP contribution in [-0.4, -0.2) is 78.8 Å². The summed E-state index contributed by atoms with van der Waals surface area (Å²) >= 11 is 0. The number of alkyl halides is 25. The molecule has 2 bridgehead atoms. The van der Waals surface area contributed by atoms with Gasteiger partial charge in [-0.05, 0) is 55.3 Å². The molecule has 13 unspecified atom stereocenters. The minimum absolute atomic E-state index is 0.0949. The summed E-state index contributed by atoms with van der Waals surface area (Å²) in [5.41, 5.74) is -6.41. The lowest BCUT2D eigenvalue weighted by atomic mass is 9.53. The Morgan fingerprint density at radius 2 is 0.694 bits per heavy atom. The number of halogens is 25. The molecule has 0 nitrogen and oxygen atoms in total. The number of hydrogen-bond acceptors (Lipinski definition) is 0. The first kappa shape index (κ1) is 56.4. The van der Waals surface area contributed by atoms with Gasteiger partial charge in [-0.3, -0.25) is 0 Å². The van der Waals surface area contributed by atoms with Crippen molar-refractivity contribution < 1.29 is 110 Å². The zero-order chi connectivity index (χ0) is 49.7. The van der Waals surface area contributed by atoms with Gasteiger partial charge in [0.05, 0.1) is 29.1 Å². The second-order valence-corrected chi connectivity index (χ2v) is 17.8. The smallest absolute Gasteiger partial charge is 0.247 e. The minimum atomic E-state index is -6.19. The van der Waals surface area contributed by atoms with Gasteiger partial charge in [-0.25, -0.2) is 30.7 Å². The van der Waals surface area contributed by atoms with Crippen LogP contribution in [0.1, 0.15) is 75.2 Å². The maximum absolute atomic E-state index is 13.2. The van der Waals surface area contributed by atoms with Gasteiger partial charge < -0.3 is 0 Å². The highest BCUT2D eigenvalue weighted by molar-refractivity contribution is 5.20. The van der Waals surface area contributed by atoms with Gasteiger partial charge in [-0.2, -0.15) is 79.0 Å². The van der Waals surface area contributed by atoms with Crippen LogP contribution in [0, 0.1) is 76.4 Å². The van der Waals surface area contributed by atoms with Crippen molar-refractivity contribution in [2.24, 2.45) is 76.4 Å². The highest BCUT2D eigenvalue weighted by atomic mass is 19.4. The monoisotopic (exact) mass is 966 g/mol. The highest BCUT2D eigenvalue weighted by Crippen LogP contribution is 2.71. The van der Waals surface area contributed by atoms with E-state index >= 15 is 0 Å². The molecule has 0 aromatic heterocycles. The Bertz CT molecular complexity index is 1390. The molecule has 6 fully saturated rings. The van der Waals surface area contributed by atoms with Gasteiger partial charge in [0.25, 0.3) is 5.92 Å². The van der Waals surface area contributed by atoms with E-state index in [1.54, 1.807) is 0 Å². The van der Waals surface area contributed by atoms with Gasteiger partial charge in [0.2, 0.25) is 5.67 Å². The summed E-state index contributed by atoms with van der Waals surface area (Å²) in [5, 5.41) is 0. The van der Waals surface area contributed by atoms with E-state index in [0.717, 1.165) is 26.7 Å². The molecular formula is C37H47F25. The lowest BCUT2D eigenvalue weighted by Gasteiger charge is -2.53. The molecule has 18 atom stereocenters. The number of rotatable bonds is 0. The van der Waals surface area contributed by atoms with Crippen LogP contribution < -0.4 is 0 Å². The predicted molar refractivity (Wildman–Crippen MR) is 172 cm³/mol. The highest BCUT2D eigenvalue weighted by Gasteiger charge is 2.91. The largest absolute Gasteiger partial charge is 0.394 e. The van der Waals surface area contributed by atoms with Crippen LogP contribution in [0.15, 0.2) is 0 Å². The van der Waals surface area contributed by atoms with Crippen molar-refractivity contribution >= 4 is 0 Å². The van der Waals surface area contributed by atoms with E-state index in [2.05, 4.69) is 0 Å². The Morgan fingerprint density at radius 1 is 0.371 bits per heavy atom. The Morgan fingerprint density at radius 3 is 0.984 bits per heavy atom. The molecule has 0 N–H and O–H groups in total. The zero-order valence-electron chi connectivity index (χ0n) is 34.1. The van der Waals surface area contributed by atoms with E-state index in [9.17, 15) is 110 Å². The normalized spacial score (nSPS) is 45.8. The third-order valence-electron chi connectivity index (χ3n) is 14.6. The molecule has 0 amide bonds. The molecule has 0 aromatic rings. The van der Waals surface area contributed by atoms with Crippen molar-refractivity contribution in [1.82, 2.24) is 0 Å². The van der Waals surface area contributed by atoms with Crippen LogP contribution in [0.25, 0.3) is 0 Å². The lowest BCUT2D eigenvalue weighted by Crippen LogP contribution is -2.77. The Balaban J connectivity index is 0.000000292. The van der Waals surface area contributed by atoms with Gasteiger partial charge in [-0.15, -0.1) is 0 Å². The van der Waals surface area contributed by atoms with Crippen molar-refractivity contribution in [3.8, 4) is 0 Å². The standard InChI is InChI=1S/C12H15F9.C9H13F3.C8H7F9.C8H12F4/c1-4-5(2)8(11(16,17)18)9(12(19,20)21)6(3)7(4)10(13,14)15;1-5-6-3-4-7(5)8(6,2)9(10,11)12;1-3-5(10,11)4(2,9)7(14,15)8(16,17)6(3,12)13;1-3-5(9)4(2)7(11)8(12)6(3)10/h4-9H,1-3H3;5-7H,3-4H2,1-2H3;3H,1-2H3;3-8H,1-2H3/t4-,5?,6?,7?,8?,9?;5?,6-,7+,8?;3-,4?;3-,4?,5?,6?,7?,8?/m1.00/s1. The van der Waals surface area contributed by atoms with Crippen molar-refractivity contribution in [3.63, 3.8) is 0 Å². The Kier molecular flexibility index (Phi) is 15.6. The lowest BCUT2D eigenvalue weighted by molar-refractivity contribution is -0.431. The van der Waals surface area contributed by atoms with Gasteiger partial charge in [-0.1, -0.05) is 55.4 Å². The van der Waals surface area contributed by atoms with Crippen LogP contribution in [0.5, 0.6) is 0 Å². The molecule has 6 aliphatic rings. The fourth-order valence-corrected chi connectivity index (χ4v) is 10.2. The topological polar surface area (TPSA) is 0 Å². The van der Waals surface area contributed by atoms with E-state index in [-0.39, 0.29) is 18.8 Å². The molecule has 0 saturated heterocycles. The summed E-state index contributed by atoms with van der Waals surface area (Å²) in [6.07, 6.45) is -25.7. The molecule has 0 spiro atoms. The summed E-state index contributed by atoms with van der Waals surface area (Å²) in [6.45, 7) is 7.64. The van der Waals surface area contributed by atoms with Crippen LogP contribution in [0.4, 0.5) is 110 Å². The first-order valence-corrected chi connectivity index (χ1v) is 19.1. The maximum atomic E-state index is 13.2. The molecule has 370 valence electrons. The van der Waals surface area contributed by atoms with E-state index in [1.807, 2.05) is 6.92 Å². The van der Waals surface area contributed by atoms with Gasteiger partial charge in [0.1, 0.15) is 18.5 Å². The summed E-state index contributed by atoms with van der Waals surface area (Å²) in [4.78, 5) is 0. The molecular weight excluding hydrogens is 919 g/mol. The summed E-state index contributed by atoms with van der Waals surface area (Å²) in [6, 6.07) is 0. The Labute approximate surface area is 340 Å². The molecule has 62 heavy (non-hydrogen) atoms. The van der Waals surface area contributed by atoms with Crippen LogP contribution in [-0.2, 0) is 0 Å². The fraction of sp³-hybridized carbons (Fsp3) is 1.00. The first-order valence-electron chi connectivity index (χ1n) is 19.1.